The van der Waals surface area contributed by atoms with Crippen molar-refractivity contribution < 1.29 is 14.9 Å². The van der Waals surface area contributed by atoms with Gasteiger partial charge >= 0.3 is 0 Å². The van der Waals surface area contributed by atoms with Gasteiger partial charge < -0.3 is 14.9 Å². The Kier molecular flexibility index (Phi) is 3.92. The number of hydrogen-bond acceptors (Lipinski definition) is 3. The highest BCUT2D eigenvalue weighted by molar-refractivity contribution is 5.41. The van der Waals surface area contributed by atoms with Crippen LogP contribution in [0.25, 0.3) is 0 Å². The van der Waals surface area contributed by atoms with Crippen molar-refractivity contribution in [3.63, 3.8) is 0 Å². The summed E-state index contributed by atoms with van der Waals surface area (Å²) in [4.78, 5) is 0. The summed E-state index contributed by atoms with van der Waals surface area (Å²) in [6.45, 7) is 3.84. The molecule has 0 radical (unpaired) electrons. The van der Waals surface area contributed by atoms with E-state index in [1.165, 1.54) is 0 Å². The van der Waals surface area contributed by atoms with Crippen LogP contribution in [0.2, 0.25) is 0 Å². The fraction of sp³-hybridized carbons (Fsp3) is 0.455. The molecular formula is C11H16O3. The first kappa shape index (κ1) is 11.0. The quantitative estimate of drug-likeness (QED) is 0.765. The van der Waals surface area contributed by atoms with Gasteiger partial charge in [0.15, 0.2) is 0 Å². The zero-order valence-electron chi connectivity index (χ0n) is 8.53. The molecule has 0 saturated carbocycles. The van der Waals surface area contributed by atoms with E-state index in [-0.39, 0.29) is 13.2 Å². The second kappa shape index (κ2) is 4.98. The molecular weight excluding hydrogens is 180 g/mol. The summed E-state index contributed by atoms with van der Waals surface area (Å²) in [6.07, 6.45) is -0.552. The first-order valence-electron chi connectivity index (χ1n) is 4.68. The lowest BCUT2D eigenvalue weighted by atomic mass is 10.1. The van der Waals surface area contributed by atoms with Crippen LogP contribution >= 0.6 is 0 Å². The highest BCUT2D eigenvalue weighted by Crippen LogP contribution is 2.28. The molecule has 1 unspecified atom stereocenters. The van der Waals surface area contributed by atoms with Crippen molar-refractivity contribution in [3.8, 4) is 5.75 Å². The molecule has 0 aromatic heterocycles. The fourth-order valence-electron chi connectivity index (χ4n) is 1.35. The Hall–Kier alpha value is -1.06. The predicted molar refractivity (Wildman–Crippen MR) is 54.4 cm³/mol. The molecule has 0 heterocycles. The lowest BCUT2D eigenvalue weighted by molar-refractivity contribution is 0.176. The van der Waals surface area contributed by atoms with Crippen LogP contribution in [-0.2, 0) is 0 Å². The Bertz CT molecular complexity index is 295. The molecule has 1 atom stereocenters. The minimum absolute atomic E-state index is 0.0203. The number of ether oxygens (including phenoxy) is 1. The van der Waals surface area contributed by atoms with Crippen LogP contribution < -0.4 is 4.74 Å². The van der Waals surface area contributed by atoms with Gasteiger partial charge in [0, 0.05) is 5.56 Å². The van der Waals surface area contributed by atoms with Crippen molar-refractivity contribution in [3.05, 3.63) is 29.3 Å². The van der Waals surface area contributed by atoms with Crippen LogP contribution in [0, 0.1) is 6.92 Å². The average molecular weight is 196 g/mol. The topological polar surface area (TPSA) is 49.7 Å². The number of aliphatic hydroxyl groups excluding tert-OH is 2. The van der Waals surface area contributed by atoms with E-state index in [1.54, 1.807) is 6.92 Å². The lowest BCUT2D eigenvalue weighted by Crippen LogP contribution is -2.06. The van der Waals surface area contributed by atoms with Crippen molar-refractivity contribution >= 4 is 0 Å². The van der Waals surface area contributed by atoms with Gasteiger partial charge in [-0.05, 0) is 19.4 Å². The third kappa shape index (κ3) is 2.47. The number of rotatable bonds is 4. The van der Waals surface area contributed by atoms with Gasteiger partial charge in [-0.2, -0.15) is 0 Å². The van der Waals surface area contributed by atoms with Crippen molar-refractivity contribution in [1.82, 2.24) is 0 Å². The Balaban J connectivity index is 2.96. The second-order valence-electron chi connectivity index (χ2n) is 3.24. The molecule has 0 spiro atoms. The molecule has 0 amide bonds. The van der Waals surface area contributed by atoms with Crippen LogP contribution in [0.15, 0.2) is 18.2 Å². The molecule has 0 bridgehead atoms. The highest BCUT2D eigenvalue weighted by Gasteiger charge is 2.10. The Morgan fingerprint density at radius 2 is 2.14 bits per heavy atom. The largest absolute Gasteiger partial charge is 0.491 e. The molecule has 1 aromatic rings. The monoisotopic (exact) mass is 196 g/mol. The van der Waals surface area contributed by atoms with Gasteiger partial charge in [-0.1, -0.05) is 18.2 Å². The molecule has 2 N–H and O–H groups in total. The van der Waals surface area contributed by atoms with Crippen LogP contribution in [-0.4, -0.2) is 23.4 Å². The van der Waals surface area contributed by atoms with E-state index in [9.17, 15) is 5.11 Å². The molecule has 1 aromatic carbocycles. The Labute approximate surface area is 84.0 Å². The van der Waals surface area contributed by atoms with Crippen LogP contribution in [0.4, 0.5) is 0 Å². The zero-order valence-corrected chi connectivity index (χ0v) is 8.53. The molecule has 0 aliphatic rings. The summed E-state index contributed by atoms with van der Waals surface area (Å²) in [5, 5.41) is 18.1. The van der Waals surface area contributed by atoms with Gasteiger partial charge in [0.05, 0.1) is 12.7 Å². The van der Waals surface area contributed by atoms with Gasteiger partial charge in [0.1, 0.15) is 12.4 Å². The van der Waals surface area contributed by atoms with Crippen LogP contribution in [0.3, 0.4) is 0 Å². The van der Waals surface area contributed by atoms with Gasteiger partial charge in [-0.15, -0.1) is 0 Å². The summed E-state index contributed by atoms with van der Waals surface area (Å²) >= 11 is 0. The summed E-state index contributed by atoms with van der Waals surface area (Å²) in [5.41, 5.74) is 1.73. The van der Waals surface area contributed by atoms with E-state index < -0.39 is 6.10 Å². The highest BCUT2D eigenvalue weighted by atomic mass is 16.5. The molecule has 0 aliphatic heterocycles. The van der Waals surface area contributed by atoms with Crippen LogP contribution in [0.1, 0.15) is 24.2 Å². The summed E-state index contributed by atoms with van der Waals surface area (Å²) in [7, 11) is 0. The SMILES string of the molecule is Cc1cccc(C(C)O)c1OCCO. The standard InChI is InChI=1S/C11H16O3/c1-8-4-3-5-10(9(2)13)11(8)14-7-6-12/h3-5,9,12-13H,6-7H2,1-2H3. The summed E-state index contributed by atoms with van der Waals surface area (Å²) in [5.74, 6) is 0.677. The Morgan fingerprint density at radius 3 is 2.71 bits per heavy atom. The maximum atomic E-state index is 9.49. The summed E-state index contributed by atoms with van der Waals surface area (Å²) < 4.78 is 5.37. The molecule has 0 saturated heterocycles. The number of para-hydroxylation sites is 1. The van der Waals surface area contributed by atoms with Crippen molar-refractivity contribution in [2.24, 2.45) is 0 Å². The Morgan fingerprint density at radius 1 is 1.43 bits per heavy atom. The van der Waals surface area contributed by atoms with Crippen molar-refractivity contribution in [1.29, 1.82) is 0 Å². The van der Waals surface area contributed by atoms with E-state index in [0.29, 0.717) is 5.75 Å². The third-order valence-electron chi connectivity index (χ3n) is 2.03. The molecule has 14 heavy (non-hydrogen) atoms. The van der Waals surface area contributed by atoms with Crippen molar-refractivity contribution in [2.75, 3.05) is 13.2 Å². The maximum Gasteiger partial charge on any atom is 0.128 e. The molecule has 1 rings (SSSR count). The molecule has 3 nitrogen and oxygen atoms in total. The van der Waals surface area contributed by atoms with Gasteiger partial charge in [-0.25, -0.2) is 0 Å². The van der Waals surface area contributed by atoms with Gasteiger partial charge in [0.25, 0.3) is 0 Å². The minimum Gasteiger partial charge on any atom is -0.491 e. The fourth-order valence-corrected chi connectivity index (χ4v) is 1.35. The van der Waals surface area contributed by atoms with E-state index in [2.05, 4.69) is 0 Å². The maximum absolute atomic E-state index is 9.49. The minimum atomic E-state index is -0.552. The third-order valence-corrected chi connectivity index (χ3v) is 2.03. The number of hydrogen-bond donors (Lipinski definition) is 2. The molecule has 3 heteroatoms. The van der Waals surface area contributed by atoms with E-state index in [0.717, 1.165) is 11.1 Å². The number of aliphatic hydroxyl groups is 2. The molecule has 78 valence electrons. The summed E-state index contributed by atoms with van der Waals surface area (Å²) in [6, 6.07) is 5.62. The van der Waals surface area contributed by atoms with Crippen molar-refractivity contribution in [2.45, 2.75) is 20.0 Å². The first-order valence-corrected chi connectivity index (χ1v) is 4.68. The normalized spacial score (nSPS) is 12.6. The number of aryl methyl sites for hydroxylation is 1. The molecule has 0 aliphatic carbocycles. The average Bonchev–Trinajstić information content (AvgIpc) is 2.15. The van der Waals surface area contributed by atoms with E-state index in [4.69, 9.17) is 9.84 Å². The molecule has 0 fully saturated rings. The second-order valence-corrected chi connectivity index (χ2v) is 3.24. The van der Waals surface area contributed by atoms with Gasteiger partial charge in [-0.3, -0.25) is 0 Å². The van der Waals surface area contributed by atoms with E-state index >= 15 is 0 Å². The van der Waals surface area contributed by atoms with Gasteiger partial charge in [0.2, 0.25) is 0 Å². The van der Waals surface area contributed by atoms with E-state index in [1.807, 2.05) is 25.1 Å². The smallest absolute Gasteiger partial charge is 0.128 e. The van der Waals surface area contributed by atoms with Crippen LogP contribution in [0.5, 0.6) is 5.75 Å². The zero-order chi connectivity index (χ0) is 10.6. The lowest BCUT2D eigenvalue weighted by Gasteiger charge is -2.14. The first-order chi connectivity index (χ1) is 6.66. The number of benzene rings is 1. The predicted octanol–water partition coefficient (Wildman–Crippen LogP) is 1.42.